The van der Waals surface area contributed by atoms with E-state index in [1.165, 1.54) is 32.7 Å². The molecule has 0 aliphatic rings. The lowest BCUT2D eigenvalue weighted by atomic mass is 10.2. The van der Waals surface area contributed by atoms with Gasteiger partial charge in [-0.2, -0.15) is 0 Å². The number of carbonyl (C=O) groups excluding carboxylic acids is 2. The quantitative estimate of drug-likeness (QED) is 0.850. The Labute approximate surface area is 138 Å². The molecule has 0 unspecified atom stereocenters. The summed E-state index contributed by atoms with van der Waals surface area (Å²) >= 11 is 1.31. The Bertz CT molecular complexity index is 738. The van der Waals surface area contributed by atoms with Gasteiger partial charge >= 0.3 is 5.97 Å². The third kappa shape index (κ3) is 3.62. The monoisotopic (exact) mass is 335 g/mol. The van der Waals surface area contributed by atoms with Crippen LogP contribution in [0.4, 0.5) is 5.00 Å². The average molecular weight is 335 g/mol. The van der Waals surface area contributed by atoms with Crippen LogP contribution in [0.2, 0.25) is 0 Å². The van der Waals surface area contributed by atoms with Crippen LogP contribution < -0.4 is 14.8 Å². The molecule has 6 nitrogen and oxygen atoms in total. The van der Waals surface area contributed by atoms with Crippen LogP contribution in [-0.4, -0.2) is 33.2 Å². The second kappa shape index (κ2) is 7.15. The van der Waals surface area contributed by atoms with Gasteiger partial charge < -0.3 is 19.5 Å². The first kappa shape index (κ1) is 16.8. The third-order valence-electron chi connectivity index (χ3n) is 3.13. The summed E-state index contributed by atoms with van der Waals surface area (Å²) < 4.78 is 15.1. The molecular formula is C16H17NO5S. The number of hydrogen-bond donors (Lipinski definition) is 1. The normalized spacial score (nSPS) is 10.1. The van der Waals surface area contributed by atoms with E-state index in [1.54, 1.807) is 24.3 Å². The van der Waals surface area contributed by atoms with Gasteiger partial charge in [0.15, 0.2) is 11.5 Å². The number of esters is 1. The molecule has 122 valence electrons. The van der Waals surface area contributed by atoms with E-state index in [1.807, 2.05) is 6.92 Å². The Kier molecular flexibility index (Phi) is 5.23. The number of rotatable bonds is 5. The van der Waals surface area contributed by atoms with E-state index in [0.717, 1.165) is 4.88 Å². The van der Waals surface area contributed by atoms with Gasteiger partial charge in [-0.3, -0.25) is 4.79 Å². The zero-order valence-electron chi connectivity index (χ0n) is 13.3. The molecule has 1 aromatic heterocycles. The Balaban J connectivity index is 2.28. The molecule has 1 amide bonds. The Morgan fingerprint density at radius 2 is 1.74 bits per heavy atom. The van der Waals surface area contributed by atoms with Gasteiger partial charge in [0.05, 0.1) is 26.9 Å². The minimum atomic E-state index is -0.489. The Morgan fingerprint density at radius 1 is 1.04 bits per heavy atom. The molecular weight excluding hydrogens is 318 g/mol. The molecule has 2 aromatic rings. The molecule has 0 spiro atoms. The molecule has 0 aliphatic heterocycles. The zero-order chi connectivity index (χ0) is 17.0. The fourth-order valence-electron chi connectivity index (χ4n) is 2.02. The van der Waals surface area contributed by atoms with Crippen molar-refractivity contribution in [2.45, 2.75) is 6.92 Å². The topological polar surface area (TPSA) is 73.9 Å². The molecule has 0 fully saturated rings. The first-order chi connectivity index (χ1) is 11.0. The SMILES string of the molecule is COC(=O)c1cc(C)sc1NC(=O)c1ccc(OC)c(OC)c1. The van der Waals surface area contributed by atoms with Crippen LogP contribution in [0, 0.1) is 6.92 Å². The van der Waals surface area contributed by atoms with Crippen molar-refractivity contribution >= 4 is 28.2 Å². The summed E-state index contributed by atoms with van der Waals surface area (Å²) in [5.41, 5.74) is 0.730. The van der Waals surface area contributed by atoms with Gasteiger partial charge in [0.25, 0.3) is 5.91 Å². The molecule has 2 rings (SSSR count). The van der Waals surface area contributed by atoms with Gasteiger partial charge in [-0.25, -0.2) is 4.79 Å². The lowest BCUT2D eigenvalue weighted by molar-refractivity contribution is 0.0602. The highest BCUT2D eigenvalue weighted by Gasteiger charge is 2.18. The van der Waals surface area contributed by atoms with E-state index in [4.69, 9.17) is 14.2 Å². The molecule has 0 saturated carbocycles. The van der Waals surface area contributed by atoms with Gasteiger partial charge in [-0.15, -0.1) is 11.3 Å². The van der Waals surface area contributed by atoms with Crippen molar-refractivity contribution in [2.75, 3.05) is 26.6 Å². The lowest BCUT2D eigenvalue weighted by Gasteiger charge is -2.10. The second-order valence-corrected chi connectivity index (χ2v) is 5.87. The largest absolute Gasteiger partial charge is 0.493 e. The van der Waals surface area contributed by atoms with Crippen molar-refractivity contribution in [3.05, 3.63) is 40.3 Å². The van der Waals surface area contributed by atoms with Crippen LogP contribution in [0.1, 0.15) is 25.6 Å². The number of nitrogens with one attached hydrogen (secondary N) is 1. The number of carbonyl (C=O) groups is 2. The standard InChI is InChI=1S/C16H17NO5S/c1-9-7-11(16(19)22-4)15(23-9)17-14(18)10-5-6-12(20-2)13(8-10)21-3/h5-8H,1-4H3,(H,17,18). The molecule has 0 saturated heterocycles. The predicted octanol–water partition coefficient (Wildman–Crippen LogP) is 3.11. The molecule has 7 heteroatoms. The first-order valence-electron chi connectivity index (χ1n) is 6.72. The number of amides is 1. The molecule has 0 radical (unpaired) electrons. The van der Waals surface area contributed by atoms with E-state index in [2.05, 4.69) is 5.32 Å². The first-order valence-corrected chi connectivity index (χ1v) is 7.54. The summed E-state index contributed by atoms with van der Waals surface area (Å²) in [6, 6.07) is 6.52. The Hall–Kier alpha value is -2.54. The molecule has 23 heavy (non-hydrogen) atoms. The summed E-state index contributed by atoms with van der Waals surface area (Å²) in [5, 5.41) is 3.19. The van der Waals surface area contributed by atoms with Gasteiger partial charge in [-0.05, 0) is 31.2 Å². The highest BCUT2D eigenvalue weighted by molar-refractivity contribution is 7.16. The van der Waals surface area contributed by atoms with Crippen LogP contribution in [0.5, 0.6) is 11.5 Å². The summed E-state index contributed by atoms with van der Waals surface area (Å²) in [6.45, 7) is 1.85. The van der Waals surface area contributed by atoms with Crippen LogP contribution in [0.3, 0.4) is 0 Å². The zero-order valence-corrected chi connectivity index (χ0v) is 14.1. The van der Waals surface area contributed by atoms with E-state index in [9.17, 15) is 9.59 Å². The van der Waals surface area contributed by atoms with Crippen LogP contribution >= 0.6 is 11.3 Å². The van der Waals surface area contributed by atoms with Crippen LogP contribution in [0.25, 0.3) is 0 Å². The molecule has 0 bridgehead atoms. The Morgan fingerprint density at radius 3 is 2.35 bits per heavy atom. The smallest absolute Gasteiger partial charge is 0.340 e. The van der Waals surface area contributed by atoms with Gasteiger partial charge in [0, 0.05) is 10.4 Å². The lowest BCUT2D eigenvalue weighted by Crippen LogP contribution is -2.14. The number of aryl methyl sites for hydroxylation is 1. The molecule has 0 atom stereocenters. The molecule has 1 heterocycles. The van der Waals surface area contributed by atoms with Gasteiger partial charge in [-0.1, -0.05) is 0 Å². The molecule has 1 aromatic carbocycles. The minimum Gasteiger partial charge on any atom is -0.493 e. The van der Waals surface area contributed by atoms with E-state index >= 15 is 0 Å². The maximum Gasteiger partial charge on any atom is 0.340 e. The average Bonchev–Trinajstić information content (AvgIpc) is 2.93. The number of ether oxygens (including phenoxy) is 3. The van der Waals surface area contributed by atoms with E-state index in [-0.39, 0.29) is 5.91 Å². The van der Waals surface area contributed by atoms with Crippen molar-refractivity contribution in [1.82, 2.24) is 0 Å². The van der Waals surface area contributed by atoms with E-state index in [0.29, 0.717) is 27.6 Å². The number of hydrogen-bond acceptors (Lipinski definition) is 6. The maximum atomic E-state index is 12.4. The number of methoxy groups -OCH3 is 3. The number of benzene rings is 1. The second-order valence-electron chi connectivity index (χ2n) is 4.62. The van der Waals surface area contributed by atoms with Crippen molar-refractivity contribution in [3.63, 3.8) is 0 Å². The minimum absolute atomic E-state index is 0.337. The van der Waals surface area contributed by atoms with Crippen LogP contribution in [-0.2, 0) is 4.74 Å². The number of thiophene rings is 1. The van der Waals surface area contributed by atoms with E-state index < -0.39 is 5.97 Å². The fourth-order valence-corrected chi connectivity index (χ4v) is 2.92. The van der Waals surface area contributed by atoms with Gasteiger partial charge in [0.1, 0.15) is 5.00 Å². The van der Waals surface area contributed by atoms with Crippen molar-refractivity contribution < 1.29 is 23.8 Å². The third-order valence-corrected chi connectivity index (χ3v) is 4.10. The highest BCUT2D eigenvalue weighted by atomic mass is 32.1. The molecule has 0 aliphatic carbocycles. The number of anilines is 1. The summed E-state index contributed by atoms with van der Waals surface area (Å²) in [7, 11) is 4.32. The van der Waals surface area contributed by atoms with Crippen molar-refractivity contribution in [3.8, 4) is 11.5 Å². The predicted molar refractivity (Wildman–Crippen MR) is 87.9 cm³/mol. The summed E-state index contributed by atoms with van der Waals surface area (Å²) in [5.74, 6) is 0.150. The summed E-state index contributed by atoms with van der Waals surface area (Å²) in [4.78, 5) is 25.0. The maximum absolute atomic E-state index is 12.4. The fraction of sp³-hybridized carbons (Fsp3) is 0.250. The van der Waals surface area contributed by atoms with Crippen molar-refractivity contribution in [1.29, 1.82) is 0 Å². The van der Waals surface area contributed by atoms with Gasteiger partial charge in [0.2, 0.25) is 0 Å². The van der Waals surface area contributed by atoms with Crippen LogP contribution in [0.15, 0.2) is 24.3 Å². The summed E-state index contributed by atoms with van der Waals surface area (Å²) in [6.07, 6.45) is 0. The highest BCUT2D eigenvalue weighted by Crippen LogP contribution is 2.30. The van der Waals surface area contributed by atoms with Crippen molar-refractivity contribution in [2.24, 2.45) is 0 Å². The molecule has 1 N–H and O–H groups in total.